The van der Waals surface area contributed by atoms with Crippen LogP contribution in [0.2, 0.25) is 0 Å². The first-order chi connectivity index (χ1) is 8.33. The molecule has 1 fully saturated rings. The van der Waals surface area contributed by atoms with Gasteiger partial charge in [-0.15, -0.1) is 0 Å². The number of hydrogen-bond donors (Lipinski definition) is 2. The van der Waals surface area contributed by atoms with Crippen LogP contribution in [-0.2, 0) is 6.54 Å². The molecule has 90 valence electrons. The summed E-state index contributed by atoms with van der Waals surface area (Å²) in [6.45, 7) is 2.99. The van der Waals surface area contributed by atoms with E-state index < -0.39 is 0 Å². The van der Waals surface area contributed by atoms with Crippen LogP contribution in [0.1, 0.15) is 18.4 Å². The zero-order valence-corrected chi connectivity index (χ0v) is 9.89. The quantitative estimate of drug-likeness (QED) is 0.829. The molecule has 1 aromatic carbocycles. The number of aliphatic hydroxyl groups is 1. The molecule has 0 unspecified atom stereocenters. The summed E-state index contributed by atoms with van der Waals surface area (Å²) < 4.78 is 0. The van der Waals surface area contributed by atoms with Crippen molar-refractivity contribution in [3.63, 3.8) is 0 Å². The number of rotatable bonds is 2. The first-order valence-corrected chi connectivity index (χ1v) is 6.28. The summed E-state index contributed by atoms with van der Waals surface area (Å²) in [4.78, 5) is 5.67. The molecular weight excluding hydrogens is 212 g/mol. The molecular formula is C14H18N2O. The van der Waals surface area contributed by atoms with E-state index in [0.29, 0.717) is 0 Å². The fourth-order valence-corrected chi connectivity index (χ4v) is 2.61. The first kappa shape index (κ1) is 10.8. The van der Waals surface area contributed by atoms with Crippen LogP contribution in [0.25, 0.3) is 10.9 Å². The second-order valence-corrected chi connectivity index (χ2v) is 4.86. The minimum absolute atomic E-state index is 0.0886. The number of nitrogens with one attached hydrogen (secondary N) is 1. The van der Waals surface area contributed by atoms with Crippen molar-refractivity contribution in [1.82, 2.24) is 9.88 Å². The van der Waals surface area contributed by atoms with Gasteiger partial charge in [-0.25, -0.2) is 0 Å². The van der Waals surface area contributed by atoms with E-state index in [0.717, 1.165) is 32.5 Å². The van der Waals surface area contributed by atoms with Crippen LogP contribution in [0.4, 0.5) is 0 Å². The first-order valence-electron chi connectivity index (χ1n) is 6.28. The topological polar surface area (TPSA) is 39.3 Å². The van der Waals surface area contributed by atoms with Gasteiger partial charge in [0.2, 0.25) is 0 Å². The molecule has 0 spiro atoms. The number of aliphatic hydroxyl groups excluding tert-OH is 1. The summed E-state index contributed by atoms with van der Waals surface area (Å²) in [5.74, 6) is 0. The molecule has 0 bridgehead atoms. The number of nitrogens with zero attached hydrogens (tertiary/aromatic N) is 1. The fourth-order valence-electron chi connectivity index (χ4n) is 2.61. The van der Waals surface area contributed by atoms with Crippen LogP contribution >= 0.6 is 0 Å². The maximum Gasteiger partial charge on any atom is 0.0564 e. The second kappa shape index (κ2) is 4.51. The summed E-state index contributed by atoms with van der Waals surface area (Å²) in [5, 5.41) is 10.8. The summed E-state index contributed by atoms with van der Waals surface area (Å²) in [7, 11) is 0. The highest BCUT2D eigenvalue weighted by Crippen LogP contribution is 2.20. The Bertz CT molecular complexity index is 498. The van der Waals surface area contributed by atoms with Crippen molar-refractivity contribution in [2.45, 2.75) is 25.5 Å². The summed E-state index contributed by atoms with van der Waals surface area (Å²) in [6, 6.07) is 8.55. The number of hydrogen-bond acceptors (Lipinski definition) is 2. The van der Waals surface area contributed by atoms with Crippen LogP contribution in [0.15, 0.2) is 30.5 Å². The van der Waals surface area contributed by atoms with E-state index in [9.17, 15) is 5.11 Å². The molecule has 1 saturated heterocycles. The third kappa shape index (κ3) is 2.21. The average Bonchev–Trinajstić information content (AvgIpc) is 2.81. The van der Waals surface area contributed by atoms with Crippen molar-refractivity contribution >= 4 is 10.9 Å². The van der Waals surface area contributed by atoms with Gasteiger partial charge in [-0.1, -0.05) is 12.1 Å². The van der Waals surface area contributed by atoms with Crippen molar-refractivity contribution in [3.05, 3.63) is 36.0 Å². The van der Waals surface area contributed by atoms with E-state index >= 15 is 0 Å². The lowest BCUT2D eigenvalue weighted by Gasteiger charge is -2.29. The predicted molar refractivity (Wildman–Crippen MR) is 68.8 cm³/mol. The van der Waals surface area contributed by atoms with Gasteiger partial charge in [-0.2, -0.15) is 0 Å². The lowest BCUT2D eigenvalue weighted by atomic mass is 10.1. The Morgan fingerprint density at radius 3 is 2.88 bits per heavy atom. The monoisotopic (exact) mass is 230 g/mol. The smallest absolute Gasteiger partial charge is 0.0564 e. The van der Waals surface area contributed by atoms with E-state index in [1.54, 1.807) is 0 Å². The number of piperidine rings is 1. The van der Waals surface area contributed by atoms with Gasteiger partial charge in [0.25, 0.3) is 0 Å². The molecule has 0 atom stereocenters. The Balaban J connectivity index is 1.78. The van der Waals surface area contributed by atoms with Crippen LogP contribution < -0.4 is 0 Å². The van der Waals surface area contributed by atoms with Gasteiger partial charge in [0.15, 0.2) is 0 Å². The van der Waals surface area contributed by atoms with Crippen LogP contribution in [0.3, 0.4) is 0 Å². The minimum atomic E-state index is -0.0886. The van der Waals surface area contributed by atoms with Crippen LogP contribution in [0.5, 0.6) is 0 Å². The Morgan fingerprint density at radius 1 is 1.24 bits per heavy atom. The molecule has 3 nitrogen and oxygen atoms in total. The Kier molecular flexibility index (Phi) is 2.87. The van der Waals surface area contributed by atoms with Gasteiger partial charge in [0.05, 0.1) is 6.10 Å². The molecule has 3 rings (SSSR count). The molecule has 3 heteroatoms. The third-order valence-corrected chi connectivity index (χ3v) is 3.64. The molecule has 2 N–H and O–H groups in total. The minimum Gasteiger partial charge on any atom is -0.393 e. The highest BCUT2D eigenvalue weighted by Gasteiger charge is 2.17. The number of likely N-dealkylation sites (tertiary alicyclic amines) is 1. The predicted octanol–water partition coefficient (Wildman–Crippen LogP) is 2.12. The van der Waals surface area contributed by atoms with Gasteiger partial charge in [-0.05, 0) is 30.5 Å². The zero-order valence-electron chi connectivity index (χ0n) is 9.89. The van der Waals surface area contributed by atoms with Gasteiger partial charge in [0, 0.05) is 36.7 Å². The highest BCUT2D eigenvalue weighted by atomic mass is 16.3. The van der Waals surface area contributed by atoms with Gasteiger partial charge >= 0.3 is 0 Å². The number of benzene rings is 1. The molecule has 0 radical (unpaired) electrons. The van der Waals surface area contributed by atoms with E-state index in [1.165, 1.54) is 16.5 Å². The normalized spacial score (nSPS) is 18.9. The van der Waals surface area contributed by atoms with Crippen molar-refractivity contribution < 1.29 is 5.11 Å². The standard InChI is InChI=1S/C14H18N2O/c17-12-5-8-16(9-6-12)10-11-2-1-3-14-13(11)4-7-15-14/h1-4,7,12,15,17H,5-6,8-10H2. The Morgan fingerprint density at radius 2 is 2.06 bits per heavy atom. The lowest BCUT2D eigenvalue weighted by molar-refractivity contribution is 0.0794. The van der Waals surface area contributed by atoms with Gasteiger partial charge < -0.3 is 10.1 Å². The number of fused-ring (bicyclic) bond motifs is 1. The maximum absolute atomic E-state index is 9.50. The molecule has 17 heavy (non-hydrogen) atoms. The average molecular weight is 230 g/mol. The SMILES string of the molecule is OC1CCN(Cc2cccc3[nH]ccc23)CC1. The number of H-pyrrole nitrogens is 1. The highest BCUT2D eigenvalue weighted by molar-refractivity contribution is 5.82. The molecule has 0 aliphatic carbocycles. The van der Waals surface area contributed by atoms with Crippen molar-refractivity contribution in [2.75, 3.05) is 13.1 Å². The van der Waals surface area contributed by atoms with Crippen molar-refractivity contribution in [1.29, 1.82) is 0 Å². The van der Waals surface area contributed by atoms with Gasteiger partial charge in [-0.3, -0.25) is 4.90 Å². The summed E-state index contributed by atoms with van der Waals surface area (Å²) >= 11 is 0. The van der Waals surface area contributed by atoms with Gasteiger partial charge in [0.1, 0.15) is 0 Å². The van der Waals surface area contributed by atoms with E-state index in [4.69, 9.17) is 0 Å². The number of aromatic nitrogens is 1. The third-order valence-electron chi connectivity index (χ3n) is 3.64. The molecule has 0 amide bonds. The van der Waals surface area contributed by atoms with E-state index in [-0.39, 0.29) is 6.10 Å². The van der Waals surface area contributed by atoms with Crippen LogP contribution in [0, 0.1) is 0 Å². The Hall–Kier alpha value is -1.32. The van der Waals surface area contributed by atoms with E-state index in [2.05, 4.69) is 34.1 Å². The molecule has 1 aliphatic heterocycles. The van der Waals surface area contributed by atoms with E-state index in [1.807, 2.05) is 6.20 Å². The second-order valence-electron chi connectivity index (χ2n) is 4.86. The zero-order chi connectivity index (χ0) is 11.7. The summed E-state index contributed by atoms with van der Waals surface area (Å²) in [6.07, 6.45) is 3.72. The van der Waals surface area contributed by atoms with Crippen LogP contribution in [-0.4, -0.2) is 34.2 Å². The maximum atomic E-state index is 9.50. The Labute approximate surface area is 101 Å². The molecule has 2 aromatic rings. The molecule has 1 aliphatic rings. The summed E-state index contributed by atoms with van der Waals surface area (Å²) in [5.41, 5.74) is 2.58. The lowest BCUT2D eigenvalue weighted by Crippen LogP contribution is -2.35. The van der Waals surface area contributed by atoms with Crippen molar-refractivity contribution in [2.24, 2.45) is 0 Å². The number of aromatic amines is 1. The molecule has 2 heterocycles. The molecule has 1 aromatic heterocycles. The van der Waals surface area contributed by atoms with Crippen molar-refractivity contribution in [3.8, 4) is 0 Å². The molecule has 0 saturated carbocycles. The fraction of sp³-hybridized carbons (Fsp3) is 0.429. The largest absolute Gasteiger partial charge is 0.393 e.